The number of carbonyl (C=O) groups is 2. The van der Waals surface area contributed by atoms with Crippen LogP contribution in [0.25, 0.3) is 4.13 Å². The normalized spacial score (nSPS) is 44.8. The Labute approximate surface area is 206 Å². The average molecular weight is 555 g/mol. The first kappa shape index (κ1) is 24.9. The predicted octanol–water partition coefficient (Wildman–Crippen LogP) is 1.37. The summed E-state index contributed by atoms with van der Waals surface area (Å²) in [6.07, 6.45) is 1.34. The van der Waals surface area contributed by atoms with E-state index in [1.54, 1.807) is 0 Å². The van der Waals surface area contributed by atoms with Crippen molar-refractivity contribution in [3.05, 3.63) is 4.13 Å². The fourth-order valence-corrected chi connectivity index (χ4v) is 10.5. The van der Waals surface area contributed by atoms with Crippen molar-refractivity contribution in [3.63, 3.8) is 0 Å². The van der Waals surface area contributed by atoms with Crippen molar-refractivity contribution in [3.8, 4) is 0 Å². The minimum atomic E-state index is -6.02. The van der Waals surface area contributed by atoms with Crippen molar-refractivity contribution >= 4 is 32.3 Å². The van der Waals surface area contributed by atoms with Crippen LogP contribution in [0.5, 0.6) is 0 Å². The summed E-state index contributed by atoms with van der Waals surface area (Å²) in [7, 11) is -11.4. The lowest BCUT2D eigenvalue weighted by atomic mass is 9.48. The van der Waals surface area contributed by atoms with Crippen LogP contribution >= 0.6 is 0 Å². The van der Waals surface area contributed by atoms with E-state index in [0.717, 1.165) is 6.42 Å². The molecule has 7 rings (SSSR count). The Kier molecular flexibility index (Phi) is 5.24. The summed E-state index contributed by atoms with van der Waals surface area (Å²) in [5, 5.41) is 5.90. The molecule has 15 heteroatoms. The number of ether oxygens (including phenoxy) is 2. The molecule has 0 amide bonds. The van der Waals surface area contributed by atoms with E-state index in [0.29, 0.717) is 38.5 Å². The molecule has 0 aromatic heterocycles. The van der Waals surface area contributed by atoms with Crippen molar-refractivity contribution in [2.24, 2.45) is 35.0 Å². The quantitative estimate of drug-likeness (QED) is 0.433. The van der Waals surface area contributed by atoms with Gasteiger partial charge in [0.1, 0.15) is 12.2 Å². The third-order valence-electron chi connectivity index (χ3n) is 9.05. The molecule has 1 saturated heterocycles. The highest BCUT2D eigenvalue weighted by atomic mass is 32.3. The van der Waals surface area contributed by atoms with Crippen molar-refractivity contribution in [2.75, 3.05) is 6.61 Å². The molecule has 0 spiro atoms. The summed E-state index contributed by atoms with van der Waals surface area (Å²) in [6, 6.07) is 0. The van der Waals surface area contributed by atoms with Crippen LogP contribution in [0.15, 0.2) is 0 Å². The Morgan fingerprint density at radius 1 is 1.11 bits per heavy atom. The van der Waals surface area contributed by atoms with Gasteiger partial charge in [-0.05, 0) is 69.1 Å². The third-order valence-corrected chi connectivity index (χ3v) is 11.9. The number of fused-ring (bicyclic) bond motifs is 1. The van der Waals surface area contributed by atoms with Gasteiger partial charge in [-0.3, -0.25) is 13.8 Å². The lowest BCUT2D eigenvalue weighted by Gasteiger charge is -2.58. The molecule has 0 aromatic carbocycles. The zero-order valence-corrected chi connectivity index (χ0v) is 20.7. The van der Waals surface area contributed by atoms with Crippen LogP contribution in [0.2, 0.25) is 0 Å². The molecule has 1 N–H and O–H groups in total. The average Bonchev–Trinajstić information content (AvgIpc) is 3.34. The van der Waals surface area contributed by atoms with E-state index in [2.05, 4.69) is 4.13 Å². The molecule has 7 atom stereocenters. The van der Waals surface area contributed by atoms with Crippen LogP contribution in [-0.4, -0.2) is 63.6 Å². The maximum atomic E-state index is 14.6. The Morgan fingerprint density at radius 2 is 1.78 bits per heavy atom. The lowest BCUT2D eigenvalue weighted by molar-refractivity contribution is -0.199. The van der Waals surface area contributed by atoms with Gasteiger partial charge < -0.3 is 18.7 Å². The SMILES string of the molecule is O=C1OC2C3CC(CC13)C2OS(=O)(=O)[N-]S(=O)(=O)C(F)(F)COC(=O)C12CC3CC(CC(O)(C3)C1)C2. The van der Waals surface area contributed by atoms with Crippen molar-refractivity contribution in [2.45, 2.75) is 74.4 Å². The summed E-state index contributed by atoms with van der Waals surface area (Å²) in [5.41, 5.74) is -2.23. The number of nitrogens with zero attached hydrogens (tertiary/aromatic N) is 1. The molecule has 6 aliphatic carbocycles. The Bertz CT molecular complexity index is 1210. The van der Waals surface area contributed by atoms with Crippen LogP contribution in [0.4, 0.5) is 8.78 Å². The maximum absolute atomic E-state index is 14.6. The van der Waals surface area contributed by atoms with Crippen LogP contribution in [-0.2, 0) is 43.6 Å². The smallest absolute Gasteiger partial charge is 0.363 e. The molecule has 6 bridgehead atoms. The highest BCUT2D eigenvalue weighted by molar-refractivity contribution is 8.10. The Hall–Kier alpha value is -1.42. The second-order valence-electron chi connectivity index (χ2n) is 11.6. The molecule has 0 aromatic rings. The van der Waals surface area contributed by atoms with Crippen LogP contribution < -0.4 is 0 Å². The summed E-state index contributed by atoms with van der Waals surface area (Å²) >= 11 is 0. The van der Waals surface area contributed by atoms with E-state index in [-0.39, 0.29) is 30.1 Å². The fraction of sp³-hybridized carbons (Fsp3) is 0.905. The van der Waals surface area contributed by atoms with E-state index in [1.165, 1.54) is 0 Å². The van der Waals surface area contributed by atoms with Gasteiger partial charge >= 0.3 is 17.2 Å². The first-order chi connectivity index (χ1) is 16.6. The molecule has 202 valence electrons. The van der Waals surface area contributed by atoms with Gasteiger partial charge in [-0.1, -0.05) is 0 Å². The van der Waals surface area contributed by atoms with Gasteiger partial charge in [0.05, 0.1) is 16.9 Å². The highest BCUT2D eigenvalue weighted by Gasteiger charge is 2.63. The first-order valence-electron chi connectivity index (χ1n) is 12.0. The van der Waals surface area contributed by atoms with Gasteiger partial charge in [0, 0.05) is 5.92 Å². The Morgan fingerprint density at radius 3 is 2.42 bits per heavy atom. The standard InChI is InChI=1S/C21H26F2NO10S2/c22-21(23,9-32-18(26)19-4-10-1-11(5-19)7-20(27,6-10)8-19)35(28,29)24-36(30,31)34-15-12-2-13-14(3-12)17(25)33-16(13)15/h10-16,27H,1-9H2/q-1. The van der Waals surface area contributed by atoms with Gasteiger partial charge in [0.2, 0.25) is 10.3 Å². The van der Waals surface area contributed by atoms with E-state index in [1.807, 2.05) is 0 Å². The van der Waals surface area contributed by atoms with Gasteiger partial charge in [0.25, 0.3) is 0 Å². The zero-order chi connectivity index (χ0) is 25.9. The number of rotatable bonds is 8. The number of hydrogen-bond acceptors (Lipinski definition) is 10. The Balaban J connectivity index is 1.10. The molecule has 1 aliphatic heterocycles. The number of aliphatic hydroxyl groups is 1. The minimum Gasteiger partial charge on any atom is -0.459 e. The summed E-state index contributed by atoms with van der Waals surface area (Å²) in [6.45, 7) is -1.92. The van der Waals surface area contributed by atoms with Gasteiger partial charge in [-0.15, -0.1) is 0 Å². The van der Waals surface area contributed by atoms with Gasteiger partial charge in [-0.2, -0.15) is 8.78 Å². The third kappa shape index (κ3) is 3.79. The number of hydrogen-bond donors (Lipinski definition) is 1. The van der Waals surface area contributed by atoms with E-state index in [9.17, 15) is 40.3 Å². The molecule has 7 aliphatic rings. The van der Waals surface area contributed by atoms with Crippen molar-refractivity contribution in [1.82, 2.24) is 0 Å². The number of esters is 2. The lowest BCUT2D eigenvalue weighted by Crippen LogP contribution is -2.58. The molecule has 7 unspecified atom stereocenters. The molecule has 36 heavy (non-hydrogen) atoms. The highest BCUT2D eigenvalue weighted by Crippen LogP contribution is 2.62. The van der Waals surface area contributed by atoms with Crippen LogP contribution in [0.3, 0.4) is 0 Å². The largest absolute Gasteiger partial charge is 0.459 e. The zero-order valence-electron chi connectivity index (χ0n) is 19.0. The van der Waals surface area contributed by atoms with E-state index >= 15 is 0 Å². The van der Waals surface area contributed by atoms with E-state index < -0.39 is 73.3 Å². The monoisotopic (exact) mass is 554 g/mol. The summed E-state index contributed by atoms with van der Waals surface area (Å²) in [4.78, 5) is 24.6. The van der Waals surface area contributed by atoms with Crippen LogP contribution in [0, 0.1) is 35.0 Å². The first-order valence-corrected chi connectivity index (χ1v) is 14.8. The summed E-state index contributed by atoms with van der Waals surface area (Å²) < 4.78 is 95.3. The number of carbonyl (C=O) groups excluding carboxylic acids is 2. The van der Waals surface area contributed by atoms with Crippen LogP contribution in [0.1, 0.15) is 51.4 Å². The number of halogens is 2. The molecule has 11 nitrogen and oxygen atoms in total. The molecular formula is C21H26F2NO10S2-. The minimum absolute atomic E-state index is 0.0607. The summed E-state index contributed by atoms with van der Waals surface area (Å²) in [5.74, 6) is -2.42. The maximum Gasteiger partial charge on any atom is 0.363 e. The molecule has 7 fully saturated rings. The molecule has 6 saturated carbocycles. The second kappa shape index (κ2) is 7.58. The van der Waals surface area contributed by atoms with Gasteiger partial charge in [-0.25, -0.2) is 16.8 Å². The second-order valence-corrected chi connectivity index (χ2v) is 14.8. The van der Waals surface area contributed by atoms with Crippen molar-refractivity contribution < 1.29 is 54.0 Å². The molecular weight excluding hydrogens is 528 g/mol. The van der Waals surface area contributed by atoms with Crippen molar-refractivity contribution in [1.29, 1.82) is 0 Å². The van der Waals surface area contributed by atoms with Gasteiger partial charge in [0.15, 0.2) is 16.6 Å². The van der Waals surface area contributed by atoms with E-state index in [4.69, 9.17) is 13.7 Å². The molecule has 0 radical (unpaired) electrons. The number of alkyl halides is 2. The number of sulfonamides is 1. The fourth-order valence-electron chi connectivity index (χ4n) is 8.20. The predicted molar refractivity (Wildman–Crippen MR) is 114 cm³/mol. The topological polar surface area (TPSA) is 164 Å². The molecule has 1 heterocycles.